The van der Waals surface area contributed by atoms with E-state index in [-0.39, 0.29) is 6.61 Å². The first-order valence-electron chi connectivity index (χ1n) is 6.12. The molecule has 1 saturated heterocycles. The van der Waals surface area contributed by atoms with Gasteiger partial charge in [-0.3, -0.25) is 4.90 Å². The van der Waals surface area contributed by atoms with Gasteiger partial charge < -0.3 is 10.8 Å². The summed E-state index contributed by atoms with van der Waals surface area (Å²) in [6.45, 7) is 7.59. The number of aliphatic hydroxyl groups is 1. The molecule has 0 saturated carbocycles. The van der Waals surface area contributed by atoms with Crippen LogP contribution in [0.3, 0.4) is 0 Å². The highest BCUT2D eigenvalue weighted by molar-refractivity contribution is 4.84. The molecule has 1 rings (SSSR count). The Kier molecular flexibility index (Phi) is 4.56. The zero-order valence-electron chi connectivity index (χ0n) is 10.4. The highest BCUT2D eigenvalue weighted by atomic mass is 16.3. The Morgan fingerprint density at radius 1 is 1.33 bits per heavy atom. The quantitative estimate of drug-likeness (QED) is 0.742. The van der Waals surface area contributed by atoms with E-state index in [2.05, 4.69) is 18.7 Å². The second-order valence-electron chi connectivity index (χ2n) is 5.43. The van der Waals surface area contributed by atoms with Crippen LogP contribution in [0, 0.1) is 0 Å². The lowest BCUT2D eigenvalue weighted by Crippen LogP contribution is -2.49. The summed E-state index contributed by atoms with van der Waals surface area (Å²) in [5.41, 5.74) is 5.53. The zero-order valence-corrected chi connectivity index (χ0v) is 10.4. The van der Waals surface area contributed by atoms with Gasteiger partial charge in [0.25, 0.3) is 0 Å². The van der Waals surface area contributed by atoms with Gasteiger partial charge in [0.05, 0.1) is 6.61 Å². The SMILES string of the molecule is C[C@@H]1CCC[C@H](C)N1CCC(C)(N)CO. The average molecular weight is 214 g/mol. The molecule has 1 aliphatic rings. The average Bonchev–Trinajstić information content (AvgIpc) is 2.17. The van der Waals surface area contributed by atoms with Crippen LogP contribution in [0.15, 0.2) is 0 Å². The van der Waals surface area contributed by atoms with Gasteiger partial charge in [-0.15, -0.1) is 0 Å². The first kappa shape index (κ1) is 12.9. The number of nitrogens with zero attached hydrogens (tertiary/aromatic N) is 1. The Balaban J connectivity index is 2.42. The molecule has 1 heterocycles. The molecule has 90 valence electrons. The standard InChI is InChI=1S/C12H26N2O/c1-10-5-4-6-11(2)14(10)8-7-12(3,13)9-15/h10-11,15H,4-9,13H2,1-3H3/t10-,11+,12?. The summed E-state index contributed by atoms with van der Waals surface area (Å²) in [7, 11) is 0. The third-order valence-corrected chi connectivity index (χ3v) is 3.68. The second kappa shape index (κ2) is 5.28. The molecule has 3 nitrogen and oxygen atoms in total. The van der Waals surface area contributed by atoms with Gasteiger partial charge in [0.2, 0.25) is 0 Å². The fourth-order valence-electron chi connectivity index (χ4n) is 2.38. The van der Waals surface area contributed by atoms with Crippen molar-refractivity contribution in [2.75, 3.05) is 13.2 Å². The van der Waals surface area contributed by atoms with E-state index in [1.807, 2.05) is 6.92 Å². The molecule has 0 bridgehead atoms. The van der Waals surface area contributed by atoms with Crippen molar-refractivity contribution < 1.29 is 5.11 Å². The van der Waals surface area contributed by atoms with E-state index in [9.17, 15) is 0 Å². The van der Waals surface area contributed by atoms with Crippen molar-refractivity contribution >= 4 is 0 Å². The molecule has 0 radical (unpaired) electrons. The molecule has 0 aromatic carbocycles. The van der Waals surface area contributed by atoms with Gasteiger partial charge in [0, 0.05) is 24.2 Å². The van der Waals surface area contributed by atoms with Gasteiger partial charge in [-0.2, -0.15) is 0 Å². The number of rotatable bonds is 4. The minimum atomic E-state index is -0.420. The lowest BCUT2D eigenvalue weighted by Gasteiger charge is -2.40. The summed E-state index contributed by atoms with van der Waals surface area (Å²) in [4.78, 5) is 2.53. The molecule has 3 atom stereocenters. The molecule has 0 spiro atoms. The molecule has 1 unspecified atom stereocenters. The fourth-order valence-corrected chi connectivity index (χ4v) is 2.38. The maximum Gasteiger partial charge on any atom is 0.0608 e. The van der Waals surface area contributed by atoms with Crippen LogP contribution < -0.4 is 5.73 Å². The van der Waals surface area contributed by atoms with Crippen LogP contribution in [0.25, 0.3) is 0 Å². The first-order chi connectivity index (χ1) is 6.96. The molecule has 0 amide bonds. The highest BCUT2D eigenvalue weighted by Gasteiger charge is 2.26. The van der Waals surface area contributed by atoms with Crippen molar-refractivity contribution in [3.63, 3.8) is 0 Å². The summed E-state index contributed by atoms with van der Waals surface area (Å²) in [6.07, 6.45) is 4.81. The van der Waals surface area contributed by atoms with Gasteiger partial charge >= 0.3 is 0 Å². The summed E-state index contributed by atoms with van der Waals surface area (Å²) >= 11 is 0. The first-order valence-corrected chi connectivity index (χ1v) is 6.12. The van der Waals surface area contributed by atoms with E-state index in [1.54, 1.807) is 0 Å². The fraction of sp³-hybridized carbons (Fsp3) is 1.00. The summed E-state index contributed by atoms with van der Waals surface area (Å²) in [6, 6.07) is 1.34. The third kappa shape index (κ3) is 3.74. The lowest BCUT2D eigenvalue weighted by molar-refractivity contribution is 0.0860. The molecule has 1 fully saturated rings. The maximum atomic E-state index is 9.11. The Labute approximate surface area is 93.6 Å². The number of aliphatic hydroxyl groups excluding tert-OH is 1. The maximum absolute atomic E-state index is 9.11. The van der Waals surface area contributed by atoms with E-state index in [1.165, 1.54) is 19.3 Å². The molecule has 0 aromatic rings. The predicted octanol–water partition coefficient (Wildman–Crippen LogP) is 1.35. The van der Waals surface area contributed by atoms with Crippen molar-refractivity contribution in [3.05, 3.63) is 0 Å². The molecule has 0 aromatic heterocycles. The summed E-state index contributed by atoms with van der Waals surface area (Å²) in [5.74, 6) is 0. The van der Waals surface area contributed by atoms with E-state index >= 15 is 0 Å². The zero-order chi connectivity index (χ0) is 11.5. The van der Waals surface area contributed by atoms with Crippen LogP contribution in [0.2, 0.25) is 0 Å². The van der Waals surface area contributed by atoms with Crippen molar-refractivity contribution in [1.82, 2.24) is 4.90 Å². The normalized spacial score (nSPS) is 32.6. The number of likely N-dealkylation sites (tertiary alicyclic amines) is 1. The number of nitrogens with two attached hydrogens (primary N) is 1. The van der Waals surface area contributed by atoms with E-state index in [0.717, 1.165) is 13.0 Å². The van der Waals surface area contributed by atoms with Crippen LogP contribution >= 0.6 is 0 Å². The number of hydrogen-bond donors (Lipinski definition) is 2. The van der Waals surface area contributed by atoms with Gasteiger partial charge in [-0.05, 0) is 40.0 Å². The van der Waals surface area contributed by atoms with Crippen LogP contribution in [0.5, 0.6) is 0 Å². The Morgan fingerprint density at radius 2 is 1.87 bits per heavy atom. The largest absolute Gasteiger partial charge is 0.394 e. The minimum Gasteiger partial charge on any atom is -0.394 e. The van der Waals surface area contributed by atoms with E-state index < -0.39 is 5.54 Å². The van der Waals surface area contributed by atoms with Crippen molar-refractivity contribution in [2.24, 2.45) is 5.73 Å². The molecular formula is C12H26N2O. The van der Waals surface area contributed by atoms with E-state index in [0.29, 0.717) is 12.1 Å². The van der Waals surface area contributed by atoms with Gasteiger partial charge in [0.1, 0.15) is 0 Å². The van der Waals surface area contributed by atoms with E-state index in [4.69, 9.17) is 10.8 Å². The molecule has 1 aliphatic heterocycles. The van der Waals surface area contributed by atoms with Crippen LogP contribution in [0.4, 0.5) is 0 Å². The number of hydrogen-bond acceptors (Lipinski definition) is 3. The predicted molar refractivity (Wildman–Crippen MR) is 63.8 cm³/mol. The third-order valence-electron chi connectivity index (χ3n) is 3.68. The molecular weight excluding hydrogens is 188 g/mol. The summed E-state index contributed by atoms with van der Waals surface area (Å²) < 4.78 is 0. The molecule has 3 heteroatoms. The molecule has 3 N–H and O–H groups in total. The van der Waals surface area contributed by atoms with Crippen molar-refractivity contribution in [2.45, 2.75) is 64.1 Å². The van der Waals surface area contributed by atoms with Crippen molar-refractivity contribution in [1.29, 1.82) is 0 Å². The van der Waals surface area contributed by atoms with Crippen LogP contribution in [-0.4, -0.2) is 40.8 Å². The Hall–Kier alpha value is -0.120. The van der Waals surface area contributed by atoms with Gasteiger partial charge in [0.15, 0.2) is 0 Å². The topological polar surface area (TPSA) is 49.5 Å². The van der Waals surface area contributed by atoms with Crippen molar-refractivity contribution in [3.8, 4) is 0 Å². The second-order valence-corrected chi connectivity index (χ2v) is 5.43. The smallest absolute Gasteiger partial charge is 0.0608 e. The van der Waals surface area contributed by atoms with Crippen LogP contribution in [-0.2, 0) is 0 Å². The summed E-state index contributed by atoms with van der Waals surface area (Å²) in [5, 5.41) is 9.11. The molecule has 15 heavy (non-hydrogen) atoms. The Morgan fingerprint density at radius 3 is 2.33 bits per heavy atom. The molecule has 0 aliphatic carbocycles. The highest BCUT2D eigenvalue weighted by Crippen LogP contribution is 2.23. The Bertz CT molecular complexity index is 184. The van der Waals surface area contributed by atoms with Gasteiger partial charge in [-0.25, -0.2) is 0 Å². The monoisotopic (exact) mass is 214 g/mol. The lowest BCUT2D eigenvalue weighted by atomic mass is 9.94. The van der Waals surface area contributed by atoms with Crippen LogP contribution in [0.1, 0.15) is 46.5 Å². The minimum absolute atomic E-state index is 0.0730. The van der Waals surface area contributed by atoms with Gasteiger partial charge in [-0.1, -0.05) is 6.42 Å². The number of piperidine rings is 1.